The van der Waals surface area contributed by atoms with Gasteiger partial charge in [0.2, 0.25) is 5.89 Å². The summed E-state index contributed by atoms with van der Waals surface area (Å²) < 4.78 is 5.38. The van der Waals surface area contributed by atoms with Gasteiger partial charge in [-0.3, -0.25) is 0 Å². The van der Waals surface area contributed by atoms with Crippen molar-refractivity contribution in [2.75, 3.05) is 7.05 Å². The van der Waals surface area contributed by atoms with Gasteiger partial charge in [0.1, 0.15) is 0 Å². The lowest BCUT2D eigenvalue weighted by molar-refractivity contribution is 0.356. The largest absolute Gasteiger partial charge is 0.339 e. The second kappa shape index (κ2) is 5.75. The highest BCUT2D eigenvalue weighted by Crippen LogP contribution is 2.31. The molecule has 4 nitrogen and oxygen atoms in total. The van der Waals surface area contributed by atoms with E-state index in [-0.39, 0.29) is 0 Å². The van der Waals surface area contributed by atoms with Crippen molar-refractivity contribution >= 4 is 0 Å². The minimum atomic E-state index is 0.357. The molecule has 1 aliphatic carbocycles. The molecule has 1 aromatic carbocycles. The summed E-state index contributed by atoms with van der Waals surface area (Å²) in [6.45, 7) is 2.11. The quantitative estimate of drug-likeness (QED) is 0.928. The Morgan fingerprint density at radius 3 is 2.95 bits per heavy atom. The summed E-state index contributed by atoms with van der Waals surface area (Å²) in [5.74, 6) is 2.01. The molecule has 1 N–H and O–H groups in total. The maximum absolute atomic E-state index is 5.38. The zero-order valence-electron chi connectivity index (χ0n) is 12.1. The summed E-state index contributed by atoms with van der Waals surface area (Å²) >= 11 is 0. The van der Waals surface area contributed by atoms with Gasteiger partial charge in [0.05, 0.1) is 0 Å². The van der Waals surface area contributed by atoms with E-state index in [1.54, 1.807) is 0 Å². The number of nitrogens with zero attached hydrogens (tertiary/aromatic N) is 2. The molecule has 1 aromatic heterocycles. The first kappa shape index (κ1) is 13.3. The number of hydrogen-bond acceptors (Lipinski definition) is 4. The number of hydrogen-bond donors (Lipinski definition) is 1. The highest BCUT2D eigenvalue weighted by molar-refractivity contribution is 5.31. The minimum Gasteiger partial charge on any atom is -0.339 e. The van der Waals surface area contributed by atoms with E-state index in [0.29, 0.717) is 12.0 Å². The van der Waals surface area contributed by atoms with Gasteiger partial charge in [-0.05, 0) is 44.4 Å². The zero-order valence-corrected chi connectivity index (χ0v) is 12.1. The van der Waals surface area contributed by atoms with Crippen LogP contribution >= 0.6 is 0 Å². The fourth-order valence-electron chi connectivity index (χ4n) is 2.80. The van der Waals surface area contributed by atoms with Crippen LogP contribution < -0.4 is 5.32 Å². The van der Waals surface area contributed by atoms with Crippen molar-refractivity contribution in [1.29, 1.82) is 0 Å². The molecule has 0 amide bonds. The molecule has 0 bridgehead atoms. The van der Waals surface area contributed by atoms with Crippen LogP contribution in [0.1, 0.15) is 42.1 Å². The standard InChI is InChI=1S/C16H21N3O/c1-11(17-2)9-15-18-16(19-20-15)14-8-7-12-5-3-4-6-13(12)10-14/h3-6,11,14,17H,7-10H2,1-2H3. The summed E-state index contributed by atoms with van der Waals surface area (Å²) in [5.41, 5.74) is 2.90. The topological polar surface area (TPSA) is 51.0 Å². The molecule has 20 heavy (non-hydrogen) atoms. The maximum Gasteiger partial charge on any atom is 0.228 e. The minimum absolute atomic E-state index is 0.357. The van der Waals surface area contributed by atoms with E-state index < -0.39 is 0 Å². The molecular weight excluding hydrogens is 250 g/mol. The van der Waals surface area contributed by atoms with Crippen LogP contribution in [0.25, 0.3) is 0 Å². The zero-order chi connectivity index (χ0) is 13.9. The third-order valence-corrected chi connectivity index (χ3v) is 4.17. The predicted octanol–water partition coefficient (Wildman–Crippen LogP) is 2.49. The van der Waals surface area contributed by atoms with Gasteiger partial charge in [-0.2, -0.15) is 4.98 Å². The Labute approximate surface area is 119 Å². The van der Waals surface area contributed by atoms with Gasteiger partial charge in [0.15, 0.2) is 5.82 Å². The average Bonchev–Trinajstić information content (AvgIpc) is 2.95. The van der Waals surface area contributed by atoms with Crippen LogP contribution in [-0.4, -0.2) is 23.2 Å². The Bertz CT molecular complexity index is 579. The second-order valence-electron chi connectivity index (χ2n) is 5.65. The molecule has 1 aliphatic rings. The van der Waals surface area contributed by atoms with Gasteiger partial charge in [-0.1, -0.05) is 29.4 Å². The van der Waals surface area contributed by atoms with Crippen molar-refractivity contribution in [2.24, 2.45) is 0 Å². The molecule has 0 saturated heterocycles. The van der Waals surface area contributed by atoms with E-state index in [9.17, 15) is 0 Å². The van der Waals surface area contributed by atoms with Crippen LogP contribution in [-0.2, 0) is 19.3 Å². The Morgan fingerprint density at radius 2 is 2.15 bits per heavy atom. The molecule has 0 spiro atoms. The fourth-order valence-corrected chi connectivity index (χ4v) is 2.80. The lowest BCUT2D eigenvalue weighted by Gasteiger charge is -2.21. The van der Waals surface area contributed by atoms with Crippen LogP contribution in [0.5, 0.6) is 0 Å². The molecule has 0 aliphatic heterocycles. The van der Waals surface area contributed by atoms with Crippen molar-refractivity contribution < 1.29 is 4.52 Å². The van der Waals surface area contributed by atoms with E-state index in [4.69, 9.17) is 4.52 Å². The first-order valence-electron chi connectivity index (χ1n) is 7.32. The van der Waals surface area contributed by atoms with Gasteiger partial charge < -0.3 is 9.84 Å². The normalized spacial score (nSPS) is 19.6. The van der Waals surface area contributed by atoms with Gasteiger partial charge in [0, 0.05) is 18.4 Å². The number of aromatic nitrogens is 2. The van der Waals surface area contributed by atoms with Gasteiger partial charge in [-0.15, -0.1) is 0 Å². The van der Waals surface area contributed by atoms with Crippen LogP contribution in [0.2, 0.25) is 0 Å². The molecule has 0 fully saturated rings. The lowest BCUT2D eigenvalue weighted by atomic mass is 9.83. The van der Waals surface area contributed by atoms with Crippen molar-refractivity contribution in [3.63, 3.8) is 0 Å². The smallest absolute Gasteiger partial charge is 0.228 e. The van der Waals surface area contributed by atoms with Crippen molar-refractivity contribution in [3.05, 3.63) is 47.1 Å². The molecule has 2 unspecified atom stereocenters. The monoisotopic (exact) mass is 271 g/mol. The molecule has 1 heterocycles. The Morgan fingerprint density at radius 1 is 1.35 bits per heavy atom. The van der Waals surface area contributed by atoms with E-state index in [0.717, 1.165) is 37.4 Å². The molecule has 0 radical (unpaired) electrons. The third-order valence-electron chi connectivity index (χ3n) is 4.17. The van der Waals surface area contributed by atoms with Crippen LogP contribution in [0.3, 0.4) is 0 Å². The fraction of sp³-hybridized carbons (Fsp3) is 0.500. The molecule has 2 atom stereocenters. The Balaban J connectivity index is 1.72. The van der Waals surface area contributed by atoms with Crippen LogP contribution in [0, 0.1) is 0 Å². The second-order valence-corrected chi connectivity index (χ2v) is 5.65. The highest BCUT2D eigenvalue weighted by atomic mass is 16.5. The summed E-state index contributed by atoms with van der Waals surface area (Å²) in [6.07, 6.45) is 4.03. The molecule has 4 heteroatoms. The molecule has 2 aromatic rings. The number of likely N-dealkylation sites (N-methyl/N-ethyl adjacent to an activating group) is 1. The molecule has 106 valence electrons. The highest BCUT2D eigenvalue weighted by Gasteiger charge is 2.24. The van der Waals surface area contributed by atoms with Crippen molar-refractivity contribution in [1.82, 2.24) is 15.5 Å². The van der Waals surface area contributed by atoms with Crippen LogP contribution in [0.15, 0.2) is 28.8 Å². The average molecular weight is 271 g/mol. The van der Waals surface area contributed by atoms with Crippen LogP contribution in [0.4, 0.5) is 0 Å². The Hall–Kier alpha value is -1.68. The molecule has 3 rings (SSSR count). The summed E-state index contributed by atoms with van der Waals surface area (Å²) in [4.78, 5) is 4.58. The van der Waals surface area contributed by atoms with E-state index in [2.05, 4.69) is 46.6 Å². The summed E-state index contributed by atoms with van der Waals surface area (Å²) in [6, 6.07) is 9.02. The number of nitrogens with one attached hydrogen (secondary N) is 1. The van der Waals surface area contributed by atoms with Crippen molar-refractivity contribution in [2.45, 2.75) is 44.6 Å². The number of aryl methyl sites for hydroxylation is 1. The van der Waals surface area contributed by atoms with E-state index in [1.165, 1.54) is 11.1 Å². The number of fused-ring (bicyclic) bond motifs is 1. The number of rotatable bonds is 4. The van der Waals surface area contributed by atoms with E-state index in [1.807, 2.05) is 7.05 Å². The molecular formula is C16H21N3O. The summed E-state index contributed by atoms with van der Waals surface area (Å²) in [7, 11) is 1.94. The molecule has 0 saturated carbocycles. The predicted molar refractivity (Wildman–Crippen MR) is 77.7 cm³/mol. The number of benzene rings is 1. The van der Waals surface area contributed by atoms with E-state index >= 15 is 0 Å². The maximum atomic E-state index is 5.38. The van der Waals surface area contributed by atoms with Gasteiger partial charge >= 0.3 is 0 Å². The Kier molecular flexibility index (Phi) is 3.83. The summed E-state index contributed by atoms with van der Waals surface area (Å²) in [5, 5.41) is 7.37. The first-order valence-corrected chi connectivity index (χ1v) is 7.32. The first-order chi connectivity index (χ1) is 9.76. The third kappa shape index (κ3) is 2.75. The lowest BCUT2D eigenvalue weighted by Crippen LogP contribution is -2.23. The SMILES string of the molecule is CNC(C)Cc1nc(C2CCc3ccccc3C2)no1. The van der Waals surface area contributed by atoms with Crippen molar-refractivity contribution in [3.8, 4) is 0 Å². The van der Waals surface area contributed by atoms with Gasteiger partial charge in [0.25, 0.3) is 0 Å². The van der Waals surface area contributed by atoms with Gasteiger partial charge in [-0.25, -0.2) is 0 Å².